The Balaban J connectivity index is 2.06. The van der Waals surface area contributed by atoms with Crippen LogP contribution in [0.15, 0.2) is 56.8 Å². The number of hydrogen-bond donors (Lipinski definition) is 0. The second kappa shape index (κ2) is 5.96. The van der Waals surface area contributed by atoms with Gasteiger partial charge in [0.05, 0.1) is 4.90 Å². The van der Waals surface area contributed by atoms with Crippen LogP contribution in [0.3, 0.4) is 0 Å². The first-order valence-electron chi connectivity index (χ1n) is 6.62. The van der Waals surface area contributed by atoms with E-state index in [9.17, 15) is 26.0 Å². The van der Waals surface area contributed by atoms with E-state index in [1.165, 1.54) is 18.2 Å². The molecule has 0 N–H and O–H groups in total. The summed E-state index contributed by atoms with van der Waals surface area (Å²) in [5, 5.41) is 3.18. The lowest BCUT2D eigenvalue weighted by atomic mass is 10.2. The fourth-order valence-electron chi connectivity index (χ4n) is 1.98. The molecule has 0 aliphatic rings. The fourth-order valence-corrected chi connectivity index (χ4v) is 3.30. The lowest BCUT2D eigenvalue weighted by Gasteiger charge is -2.06. The molecule has 25 heavy (non-hydrogen) atoms. The number of hydrogen-bond acceptors (Lipinski definition) is 5. The highest BCUT2D eigenvalue weighted by molar-refractivity contribution is 7.91. The molecule has 2 aromatic carbocycles. The van der Waals surface area contributed by atoms with E-state index in [1.54, 1.807) is 0 Å². The van der Waals surface area contributed by atoms with Gasteiger partial charge < -0.3 is 4.52 Å². The maximum absolute atomic E-state index is 13.8. The zero-order chi connectivity index (χ0) is 18.2. The van der Waals surface area contributed by atoms with E-state index in [1.807, 2.05) is 0 Å². The normalized spacial score (nSPS) is 12.3. The summed E-state index contributed by atoms with van der Waals surface area (Å²) < 4.78 is 80.4. The van der Waals surface area contributed by atoms with E-state index in [0.717, 1.165) is 24.3 Å². The second-order valence-electron chi connectivity index (χ2n) is 4.80. The van der Waals surface area contributed by atoms with E-state index in [-0.39, 0.29) is 5.56 Å². The van der Waals surface area contributed by atoms with Crippen LogP contribution in [0.4, 0.5) is 17.6 Å². The van der Waals surface area contributed by atoms with Crippen LogP contribution >= 0.6 is 0 Å². The molecule has 3 rings (SSSR count). The first-order valence-corrected chi connectivity index (χ1v) is 8.10. The van der Waals surface area contributed by atoms with Crippen molar-refractivity contribution < 1.29 is 30.5 Å². The highest BCUT2D eigenvalue weighted by atomic mass is 32.2. The molecule has 1 heterocycles. The van der Waals surface area contributed by atoms with Crippen LogP contribution in [0.2, 0.25) is 0 Å². The summed E-state index contributed by atoms with van der Waals surface area (Å²) in [6.45, 7) is 0. The first kappa shape index (κ1) is 17.1. The molecule has 0 bridgehead atoms. The monoisotopic (exact) mass is 371 g/mol. The quantitative estimate of drug-likeness (QED) is 0.659. The van der Waals surface area contributed by atoms with E-state index in [2.05, 4.69) is 20.7 Å². The maximum Gasteiger partial charge on any atom is 0.471 e. The molecular formula is C15H7F4N2O3S. The first-order chi connectivity index (χ1) is 11.7. The van der Waals surface area contributed by atoms with Gasteiger partial charge in [-0.05, 0) is 18.2 Å². The van der Waals surface area contributed by atoms with Gasteiger partial charge in [-0.25, -0.2) is 12.8 Å². The maximum atomic E-state index is 13.8. The Morgan fingerprint density at radius 3 is 2.48 bits per heavy atom. The summed E-state index contributed by atoms with van der Waals surface area (Å²) in [6, 6.07) is 10.5. The molecule has 1 aromatic heterocycles. The van der Waals surface area contributed by atoms with E-state index >= 15 is 0 Å². The van der Waals surface area contributed by atoms with Gasteiger partial charge in [-0.1, -0.05) is 29.4 Å². The summed E-state index contributed by atoms with van der Waals surface area (Å²) >= 11 is 0. The SMILES string of the molecule is O=S(=O)(c1[c]ccc(-c2noc(C(F)(F)F)n2)c1)c1ccccc1F. The van der Waals surface area contributed by atoms with Gasteiger partial charge in [0.25, 0.3) is 0 Å². The standard InChI is InChI=1S/C15H7F4N2O3S/c16-11-6-1-2-7-12(11)25(22,23)10-5-3-4-9(8-10)13-20-14(24-21-13)15(17,18)19/h1-4,6-8H. The van der Waals surface area contributed by atoms with Crippen molar-refractivity contribution in [1.29, 1.82) is 0 Å². The van der Waals surface area contributed by atoms with Gasteiger partial charge in [-0.2, -0.15) is 18.2 Å². The van der Waals surface area contributed by atoms with Gasteiger partial charge in [0.1, 0.15) is 10.7 Å². The number of benzene rings is 2. The zero-order valence-electron chi connectivity index (χ0n) is 12.1. The predicted octanol–water partition coefficient (Wildman–Crippen LogP) is 3.53. The minimum atomic E-state index is -4.83. The molecule has 0 unspecified atom stereocenters. The zero-order valence-corrected chi connectivity index (χ0v) is 12.9. The molecule has 5 nitrogen and oxygen atoms in total. The molecule has 0 aliphatic carbocycles. The smallest absolute Gasteiger partial charge is 0.329 e. The molecule has 10 heteroatoms. The van der Waals surface area contributed by atoms with Crippen LogP contribution in [0.5, 0.6) is 0 Å². The molecule has 0 aliphatic heterocycles. The summed E-state index contributed by atoms with van der Waals surface area (Å²) in [7, 11) is -4.26. The molecule has 0 atom stereocenters. The van der Waals surface area contributed by atoms with Crippen molar-refractivity contribution in [2.45, 2.75) is 16.0 Å². The number of rotatable bonds is 3. The van der Waals surface area contributed by atoms with Gasteiger partial charge in [-0.3, -0.25) is 0 Å². The molecule has 0 spiro atoms. The number of nitrogens with zero attached hydrogens (tertiary/aromatic N) is 2. The Labute approximate surface area is 138 Å². The molecule has 1 radical (unpaired) electrons. The summed E-state index contributed by atoms with van der Waals surface area (Å²) in [4.78, 5) is 2.17. The van der Waals surface area contributed by atoms with Gasteiger partial charge in [0, 0.05) is 11.6 Å². The van der Waals surface area contributed by atoms with Gasteiger partial charge >= 0.3 is 12.1 Å². The van der Waals surface area contributed by atoms with Crippen molar-refractivity contribution >= 4 is 9.84 Å². The van der Waals surface area contributed by atoms with Crippen LogP contribution in [-0.2, 0) is 16.0 Å². The van der Waals surface area contributed by atoms with Gasteiger partial charge in [0.2, 0.25) is 15.7 Å². The molecular weight excluding hydrogens is 364 g/mol. The molecule has 3 aromatic rings. The molecule has 129 valence electrons. The van der Waals surface area contributed by atoms with Gasteiger partial charge in [0.15, 0.2) is 0 Å². The Kier molecular flexibility index (Phi) is 4.07. The van der Waals surface area contributed by atoms with E-state index in [4.69, 9.17) is 0 Å². The summed E-state index contributed by atoms with van der Waals surface area (Å²) in [6.07, 6.45) is -4.83. The highest BCUT2D eigenvalue weighted by Gasteiger charge is 2.38. The topological polar surface area (TPSA) is 73.1 Å². The van der Waals surface area contributed by atoms with Crippen LogP contribution < -0.4 is 0 Å². The van der Waals surface area contributed by atoms with Crippen molar-refractivity contribution in [3.05, 3.63) is 60.2 Å². The highest BCUT2D eigenvalue weighted by Crippen LogP contribution is 2.30. The minimum Gasteiger partial charge on any atom is -0.329 e. The predicted molar refractivity (Wildman–Crippen MR) is 75.4 cm³/mol. The van der Waals surface area contributed by atoms with Crippen molar-refractivity contribution in [3.8, 4) is 11.4 Å². The third kappa shape index (κ3) is 3.25. The van der Waals surface area contributed by atoms with Crippen molar-refractivity contribution in [2.75, 3.05) is 0 Å². The lowest BCUT2D eigenvalue weighted by Crippen LogP contribution is -2.05. The van der Waals surface area contributed by atoms with Crippen LogP contribution in [0.25, 0.3) is 11.4 Å². The number of halogens is 4. The summed E-state index contributed by atoms with van der Waals surface area (Å²) in [5.74, 6) is -2.97. The Morgan fingerprint density at radius 2 is 1.84 bits per heavy atom. The minimum absolute atomic E-state index is 0.0482. The molecule has 0 saturated carbocycles. The van der Waals surface area contributed by atoms with Crippen LogP contribution in [0, 0.1) is 11.9 Å². The second-order valence-corrected chi connectivity index (χ2v) is 6.68. The average Bonchev–Trinajstić information content (AvgIpc) is 3.05. The third-order valence-corrected chi connectivity index (χ3v) is 4.84. The Hall–Kier alpha value is -2.75. The van der Waals surface area contributed by atoms with E-state index < -0.39 is 43.3 Å². The Bertz CT molecular complexity index is 1030. The van der Waals surface area contributed by atoms with Crippen molar-refractivity contribution in [3.63, 3.8) is 0 Å². The van der Waals surface area contributed by atoms with Crippen LogP contribution in [0.1, 0.15) is 5.89 Å². The summed E-state index contributed by atoms with van der Waals surface area (Å²) in [5.41, 5.74) is -0.0482. The van der Waals surface area contributed by atoms with E-state index in [0.29, 0.717) is 0 Å². The third-order valence-electron chi connectivity index (χ3n) is 3.12. The Morgan fingerprint density at radius 1 is 1.12 bits per heavy atom. The number of alkyl halides is 3. The fraction of sp³-hybridized carbons (Fsp3) is 0.0667. The van der Waals surface area contributed by atoms with Crippen LogP contribution in [-0.4, -0.2) is 18.6 Å². The molecule has 0 amide bonds. The molecule has 0 fully saturated rings. The van der Waals surface area contributed by atoms with Crippen molar-refractivity contribution in [1.82, 2.24) is 10.1 Å². The molecule has 0 saturated heterocycles. The van der Waals surface area contributed by atoms with Crippen molar-refractivity contribution in [2.24, 2.45) is 0 Å². The number of sulfone groups is 1. The average molecular weight is 371 g/mol. The van der Waals surface area contributed by atoms with Gasteiger partial charge in [-0.15, -0.1) is 0 Å². The lowest BCUT2D eigenvalue weighted by molar-refractivity contribution is -0.159. The number of aromatic nitrogens is 2. The largest absolute Gasteiger partial charge is 0.471 e.